The Balaban J connectivity index is 2.23. The monoisotopic (exact) mass is 300 g/mol. The molecule has 0 saturated carbocycles. The molecule has 3 aromatic rings. The van der Waals surface area contributed by atoms with E-state index in [4.69, 9.17) is 0 Å². The van der Waals surface area contributed by atoms with Crippen LogP contribution in [0.15, 0.2) is 66.7 Å². The van der Waals surface area contributed by atoms with Gasteiger partial charge in [-0.2, -0.15) is 0 Å². The quantitative estimate of drug-likeness (QED) is 0.501. The third-order valence-corrected chi connectivity index (χ3v) is 4.37. The fourth-order valence-corrected chi connectivity index (χ4v) is 3.04. The maximum Gasteiger partial charge on any atom is -0.0102 e. The summed E-state index contributed by atoms with van der Waals surface area (Å²) < 4.78 is 0. The lowest BCUT2D eigenvalue weighted by atomic mass is 9.89. The van der Waals surface area contributed by atoms with Crippen molar-refractivity contribution < 1.29 is 0 Å². The standard InChI is InChI=1S/C23H24/c1-16(2)19-11-12-22(20-9-5-7-17(3)13-20)23(15-19)21-10-6-8-18(4)14-21/h5-16H,1-4H3. The first-order valence-electron chi connectivity index (χ1n) is 8.32. The van der Waals surface area contributed by atoms with Gasteiger partial charge in [0.15, 0.2) is 0 Å². The lowest BCUT2D eigenvalue weighted by Crippen LogP contribution is -1.92. The van der Waals surface area contributed by atoms with Crippen LogP contribution in [-0.4, -0.2) is 0 Å². The molecule has 0 atom stereocenters. The summed E-state index contributed by atoms with van der Waals surface area (Å²) in [7, 11) is 0. The molecular weight excluding hydrogens is 276 g/mol. The summed E-state index contributed by atoms with van der Waals surface area (Å²) in [6, 6.07) is 24.5. The van der Waals surface area contributed by atoms with E-state index >= 15 is 0 Å². The highest BCUT2D eigenvalue weighted by Crippen LogP contribution is 2.35. The Morgan fingerprint density at radius 3 is 1.70 bits per heavy atom. The molecular formula is C23H24. The molecule has 0 aliphatic carbocycles. The number of hydrogen-bond donors (Lipinski definition) is 0. The van der Waals surface area contributed by atoms with Gasteiger partial charge in [0, 0.05) is 0 Å². The highest BCUT2D eigenvalue weighted by atomic mass is 14.1. The molecule has 0 nitrogen and oxygen atoms in total. The van der Waals surface area contributed by atoms with Crippen molar-refractivity contribution in [3.8, 4) is 22.3 Å². The normalized spacial score (nSPS) is 11.0. The number of aryl methyl sites for hydroxylation is 2. The van der Waals surface area contributed by atoms with E-state index in [1.807, 2.05) is 0 Å². The number of benzene rings is 3. The van der Waals surface area contributed by atoms with Crippen LogP contribution in [0.3, 0.4) is 0 Å². The molecule has 3 aromatic carbocycles. The molecule has 0 heterocycles. The maximum atomic E-state index is 2.36. The molecule has 0 aliphatic rings. The van der Waals surface area contributed by atoms with Gasteiger partial charge in [-0.05, 0) is 47.6 Å². The second-order valence-electron chi connectivity index (χ2n) is 6.70. The van der Waals surface area contributed by atoms with Crippen molar-refractivity contribution in [3.63, 3.8) is 0 Å². The highest BCUT2D eigenvalue weighted by molar-refractivity contribution is 5.84. The third kappa shape index (κ3) is 3.37. The average Bonchev–Trinajstić information content (AvgIpc) is 2.54. The van der Waals surface area contributed by atoms with Crippen molar-refractivity contribution >= 4 is 0 Å². The molecule has 0 unspecified atom stereocenters. The van der Waals surface area contributed by atoms with Gasteiger partial charge in [0.2, 0.25) is 0 Å². The molecule has 0 saturated heterocycles. The Morgan fingerprint density at radius 2 is 1.17 bits per heavy atom. The zero-order chi connectivity index (χ0) is 16.4. The van der Waals surface area contributed by atoms with Crippen molar-refractivity contribution in [2.45, 2.75) is 33.6 Å². The Hall–Kier alpha value is -2.34. The number of hydrogen-bond acceptors (Lipinski definition) is 0. The van der Waals surface area contributed by atoms with Gasteiger partial charge in [0.05, 0.1) is 0 Å². The highest BCUT2D eigenvalue weighted by Gasteiger charge is 2.10. The Kier molecular flexibility index (Phi) is 4.34. The molecule has 0 bridgehead atoms. The SMILES string of the molecule is Cc1cccc(-c2ccc(C(C)C)cc2-c2cccc(C)c2)c1. The molecule has 0 amide bonds. The summed E-state index contributed by atoms with van der Waals surface area (Å²) in [5.41, 5.74) is 9.20. The predicted octanol–water partition coefficient (Wildman–Crippen LogP) is 6.76. The minimum atomic E-state index is 0.533. The van der Waals surface area contributed by atoms with E-state index in [9.17, 15) is 0 Å². The van der Waals surface area contributed by atoms with Crippen LogP contribution in [0.5, 0.6) is 0 Å². The first kappa shape index (κ1) is 15.6. The fraction of sp³-hybridized carbons (Fsp3) is 0.217. The summed E-state index contributed by atoms with van der Waals surface area (Å²) in [6.45, 7) is 8.81. The summed E-state index contributed by atoms with van der Waals surface area (Å²) >= 11 is 0. The van der Waals surface area contributed by atoms with E-state index in [1.54, 1.807) is 0 Å². The average molecular weight is 300 g/mol. The van der Waals surface area contributed by atoms with E-state index in [-0.39, 0.29) is 0 Å². The van der Waals surface area contributed by atoms with Crippen LogP contribution in [0.2, 0.25) is 0 Å². The summed E-state index contributed by atoms with van der Waals surface area (Å²) in [6.07, 6.45) is 0. The van der Waals surface area contributed by atoms with Crippen molar-refractivity contribution in [1.82, 2.24) is 0 Å². The summed E-state index contributed by atoms with van der Waals surface area (Å²) in [5, 5.41) is 0. The van der Waals surface area contributed by atoms with Gasteiger partial charge < -0.3 is 0 Å². The van der Waals surface area contributed by atoms with Crippen LogP contribution >= 0.6 is 0 Å². The minimum absolute atomic E-state index is 0.533. The molecule has 0 aromatic heterocycles. The zero-order valence-corrected chi connectivity index (χ0v) is 14.4. The summed E-state index contributed by atoms with van der Waals surface area (Å²) in [5.74, 6) is 0.533. The molecule has 0 spiro atoms. The molecule has 0 N–H and O–H groups in total. The topological polar surface area (TPSA) is 0 Å². The van der Waals surface area contributed by atoms with Crippen LogP contribution in [0.1, 0.15) is 36.5 Å². The minimum Gasteiger partial charge on any atom is -0.0614 e. The van der Waals surface area contributed by atoms with Crippen LogP contribution in [0.4, 0.5) is 0 Å². The Labute approximate surface area is 139 Å². The van der Waals surface area contributed by atoms with E-state index in [2.05, 4.69) is 94.4 Å². The predicted molar refractivity (Wildman–Crippen MR) is 101 cm³/mol. The van der Waals surface area contributed by atoms with Crippen LogP contribution in [0, 0.1) is 13.8 Å². The third-order valence-electron chi connectivity index (χ3n) is 4.37. The van der Waals surface area contributed by atoms with Gasteiger partial charge in [-0.15, -0.1) is 0 Å². The first-order valence-corrected chi connectivity index (χ1v) is 8.32. The summed E-state index contributed by atoms with van der Waals surface area (Å²) in [4.78, 5) is 0. The van der Waals surface area contributed by atoms with Crippen molar-refractivity contribution in [2.24, 2.45) is 0 Å². The van der Waals surface area contributed by atoms with Gasteiger partial charge in [-0.3, -0.25) is 0 Å². The lowest BCUT2D eigenvalue weighted by molar-refractivity contribution is 0.867. The van der Waals surface area contributed by atoms with E-state index in [0.717, 1.165) is 0 Å². The van der Waals surface area contributed by atoms with Gasteiger partial charge in [0.25, 0.3) is 0 Å². The van der Waals surface area contributed by atoms with Crippen LogP contribution in [0.25, 0.3) is 22.3 Å². The van der Waals surface area contributed by atoms with Gasteiger partial charge >= 0.3 is 0 Å². The van der Waals surface area contributed by atoms with Crippen LogP contribution in [-0.2, 0) is 0 Å². The van der Waals surface area contributed by atoms with Crippen LogP contribution < -0.4 is 0 Å². The molecule has 0 radical (unpaired) electrons. The zero-order valence-electron chi connectivity index (χ0n) is 14.4. The van der Waals surface area contributed by atoms with Crippen molar-refractivity contribution in [2.75, 3.05) is 0 Å². The molecule has 0 aliphatic heterocycles. The van der Waals surface area contributed by atoms with Gasteiger partial charge in [-0.1, -0.05) is 91.7 Å². The Morgan fingerprint density at radius 1 is 0.609 bits per heavy atom. The van der Waals surface area contributed by atoms with Crippen molar-refractivity contribution in [1.29, 1.82) is 0 Å². The molecule has 3 rings (SSSR count). The smallest absolute Gasteiger partial charge is 0.0102 e. The second kappa shape index (κ2) is 6.42. The van der Waals surface area contributed by atoms with E-state index < -0.39 is 0 Å². The van der Waals surface area contributed by atoms with E-state index in [1.165, 1.54) is 38.9 Å². The molecule has 116 valence electrons. The van der Waals surface area contributed by atoms with E-state index in [0.29, 0.717) is 5.92 Å². The first-order chi connectivity index (χ1) is 11.0. The fourth-order valence-electron chi connectivity index (χ4n) is 3.04. The lowest BCUT2D eigenvalue weighted by Gasteiger charge is -2.15. The molecule has 0 fully saturated rings. The Bertz CT molecular complexity index is 825. The van der Waals surface area contributed by atoms with Gasteiger partial charge in [0.1, 0.15) is 0 Å². The maximum absolute atomic E-state index is 2.36. The second-order valence-corrected chi connectivity index (χ2v) is 6.70. The van der Waals surface area contributed by atoms with Gasteiger partial charge in [-0.25, -0.2) is 0 Å². The molecule has 23 heavy (non-hydrogen) atoms. The van der Waals surface area contributed by atoms with Crippen molar-refractivity contribution in [3.05, 3.63) is 83.4 Å². The molecule has 0 heteroatoms. The number of rotatable bonds is 3. The largest absolute Gasteiger partial charge is 0.0614 e.